The largest absolute Gasteiger partial charge is 0.359 e. The van der Waals surface area contributed by atoms with Crippen LogP contribution in [0.15, 0.2) is 83.3 Å². The van der Waals surface area contributed by atoms with Crippen LogP contribution in [-0.2, 0) is 0 Å². The third kappa shape index (κ3) is 4.20. The van der Waals surface area contributed by atoms with Gasteiger partial charge in [-0.25, -0.2) is 5.84 Å². The summed E-state index contributed by atoms with van der Waals surface area (Å²) in [6.45, 7) is 8.42. The highest BCUT2D eigenvalue weighted by Crippen LogP contribution is 2.32. The second-order valence-electron chi connectivity index (χ2n) is 9.16. The molecule has 6 heteroatoms. The third-order valence-electron chi connectivity index (χ3n) is 6.47. The molecule has 6 nitrogen and oxygen atoms in total. The average molecular weight is 451 g/mol. The molecule has 172 valence electrons. The Morgan fingerprint density at radius 2 is 1.41 bits per heavy atom. The number of aryl methyl sites for hydroxylation is 4. The van der Waals surface area contributed by atoms with Crippen LogP contribution in [0.2, 0.25) is 0 Å². The summed E-state index contributed by atoms with van der Waals surface area (Å²) in [5.74, 6) is 6.39. The lowest BCUT2D eigenvalue weighted by Crippen LogP contribution is -2.33. The van der Waals surface area contributed by atoms with Crippen LogP contribution in [0.25, 0.3) is 11.4 Å². The molecule has 0 radical (unpaired) electrons. The number of rotatable bonds is 4. The van der Waals surface area contributed by atoms with Crippen molar-refractivity contribution in [3.8, 4) is 0 Å². The predicted molar refractivity (Wildman–Crippen MR) is 137 cm³/mol. The Bertz CT molecular complexity index is 1340. The van der Waals surface area contributed by atoms with E-state index in [-0.39, 0.29) is 12.3 Å². The van der Waals surface area contributed by atoms with Crippen molar-refractivity contribution in [1.82, 2.24) is 15.6 Å². The summed E-state index contributed by atoms with van der Waals surface area (Å²) in [5.41, 5.74) is 11.2. The summed E-state index contributed by atoms with van der Waals surface area (Å²) in [6.07, 6.45) is 3.44. The fourth-order valence-electron chi connectivity index (χ4n) is 4.51. The molecule has 5 rings (SSSR count). The lowest BCUT2D eigenvalue weighted by atomic mass is 10.0. The number of nitrogens with zero attached hydrogens (tertiary/aromatic N) is 3. The first-order valence-corrected chi connectivity index (χ1v) is 11.5. The smallest absolute Gasteiger partial charge is 0.166 e. The van der Waals surface area contributed by atoms with Gasteiger partial charge in [-0.05, 0) is 61.6 Å². The minimum atomic E-state index is -0.208. The molecule has 3 aromatic carbocycles. The molecule has 0 saturated heterocycles. The van der Waals surface area contributed by atoms with Crippen LogP contribution < -0.4 is 16.5 Å². The number of nitrogens with two attached hydrogens (primary N) is 1. The molecule has 0 spiro atoms. The highest BCUT2D eigenvalue weighted by molar-refractivity contribution is 5.72. The Labute approximate surface area is 200 Å². The van der Waals surface area contributed by atoms with Gasteiger partial charge in [0.25, 0.3) is 0 Å². The van der Waals surface area contributed by atoms with E-state index in [4.69, 9.17) is 5.84 Å². The average Bonchev–Trinajstić information content (AvgIpc) is 3.23. The molecule has 3 aromatic rings. The van der Waals surface area contributed by atoms with E-state index in [1.807, 2.05) is 6.20 Å². The maximum Gasteiger partial charge on any atom is 0.166 e. The van der Waals surface area contributed by atoms with E-state index in [0.29, 0.717) is 0 Å². The van der Waals surface area contributed by atoms with E-state index in [1.54, 1.807) is 11.2 Å². The van der Waals surface area contributed by atoms with Gasteiger partial charge >= 0.3 is 0 Å². The molecule has 4 N–H and O–H groups in total. The minimum absolute atomic E-state index is 0.104. The Hall–Kier alpha value is -3.90. The van der Waals surface area contributed by atoms with Gasteiger partial charge in [-0.3, -0.25) is 5.01 Å². The van der Waals surface area contributed by atoms with E-state index in [1.165, 1.54) is 27.8 Å². The minimum Gasteiger partial charge on any atom is -0.359 e. The van der Waals surface area contributed by atoms with Crippen molar-refractivity contribution >= 4 is 11.4 Å². The summed E-state index contributed by atoms with van der Waals surface area (Å²) in [5, 5.41) is 17.6. The lowest BCUT2D eigenvalue weighted by molar-refractivity contribution is 0.293. The third-order valence-corrected chi connectivity index (χ3v) is 6.47. The van der Waals surface area contributed by atoms with Crippen LogP contribution in [0.3, 0.4) is 0 Å². The van der Waals surface area contributed by atoms with Crippen LogP contribution in [0.1, 0.15) is 56.8 Å². The zero-order valence-electron chi connectivity index (χ0n) is 20.0. The van der Waals surface area contributed by atoms with Crippen molar-refractivity contribution in [1.29, 1.82) is 0 Å². The topological polar surface area (TPSA) is 78.0 Å². The van der Waals surface area contributed by atoms with E-state index < -0.39 is 0 Å². The quantitative estimate of drug-likeness (QED) is 0.442. The Balaban J connectivity index is 1.38. The normalized spacial score (nSPS) is 19.4. The molecule has 0 aromatic heterocycles. The van der Waals surface area contributed by atoms with Crippen molar-refractivity contribution in [2.75, 3.05) is 0 Å². The molecule has 0 amide bonds. The number of azo groups is 1. The monoisotopic (exact) mass is 450 g/mol. The molecule has 2 unspecified atom stereocenters. The zero-order chi connectivity index (χ0) is 23.8. The molecule has 2 aliphatic heterocycles. The molecule has 2 heterocycles. The number of hydrogen-bond acceptors (Lipinski definition) is 6. The van der Waals surface area contributed by atoms with Crippen LogP contribution in [-0.4, -0.2) is 5.01 Å². The second-order valence-corrected chi connectivity index (χ2v) is 9.16. The van der Waals surface area contributed by atoms with Gasteiger partial charge in [-0.1, -0.05) is 65.7 Å². The van der Waals surface area contributed by atoms with Crippen LogP contribution in [0.5, 0.6) is 0 Å². The fraction of sp³-hybridized carbons (Fsp3) is 0.214. The number of nitrogens with one attached hydrogen (secondary N) is 2. The maximum atomic E-state index is 6.39. The standard InChI is InChI=1S/C28H30N6/c1-17-8-10-19(3)23(12-17)27-31-25(15-30-33-27)21-6-5-7-22(14-21)26-16-34(29)28(32-26)24-13-18(2)9-11-20(24)4/h5-16,27-28,31-32H,29H2,1-4H3. The maximum absolute atomic E-state index is 6.39. The fourth-order valence-corrected chi connectivity index (χ4v) is 4.51. The van der Waals surface area contributed by atoms with Gasteiger partial charge < -0.3 is 10.6 Å². The highest BCUT2D eigenvalue weighted by atomic mass is 15.5. The van der Waals surface area contributed by atoms with Crippen LogP contribution >= 0.6 is 0 Å². The number of hydrogen-bond donors (Lipinski definition) is 3. The Morgan fingerprint density at radius 3 is 2.15 bits per heavy atom. The van der Waals surface area contributed by atoms with E-state index in [0.717, 1.165) is 28.1 Å². The molecule has 0 bridgehead atoms. The predicted octanol–water partition coefficient (Wildman–Crippen LogP) is 5.75. The van der Waals surface area contributed by atoms with E-state index in [2.05, 4.69) is 109 Å². The molecule has 34 heavy (non-hydrogen) atoms. The summed E-state index contributed by atoms with van der Waals surface area (Å²) >= 11 is 0. The van der Waals surface area contributed by atoms with Crippen LogP contribution in [0.4, 0.5) is 0 Å². The second kappa shape index (κ2) is 8.80. The summed E-state index contributed by atoms with van der Waals surface area (Å²) < 4.78 is 0. The highest BCUT2D eigenvalue weighted by Gasteiger charge is 2.26. The molecule has 0 fully saturated rings. The van der Waals surface area contributed by atoms with Gasteiger partial charge in [0.15, 0.2) is 6.17 Å². The van der Waals surface area contributed by atoms with Gasteiger partial charge in [0.2, 0.25) is 0 Å². The summed E-state index contributed by atoms with van der Waals surface area (Å²) in [7, 11) is 0. The van der Waals surface area contributed by atoms with Crippen molar-refractivity contribution in [2.45, 2.75) is 40.0 Å². The molecular formula is C28H30N6. The lowest BCUT2D eigenvalue weighted by Gasteiger charge is -2.24. The molecule has 2 atom stereocenters. The molecule has 0 saturated carbocycles. The molecule has 0 aliphatic carbocycles. The van der Waals surface area contributed by atoms with Crippen LogP contribution in [0, 0.1) is 27.7 Å². The zero-order valence-corrected chi connectivity index (χ0v) is 20.0. The SMILES string of the molecule is Cc1ccc(C)c(C2N=NC=C(c3cccc(C4=CN(N)C(c5cc(C)ccc5C)N4)c3)N2)c1. The van der Waals surface area contributed by atoms with E-state index >= 15 is 0 Å². The summed E-state index contributed by atoms with van der Waals surface area (Å²) in [4.78, 5) is 0. The Kier molecular flexibility index (Phi) is 5.67. The summed E-state index contributed by atoms with van der Waals surface area (Å²) in [6, 6.07) is 21.3. The first-order chi connectivity index (χ1) is 16.4. The van der Waals surface area contributed by atoms with Crippen molar-refractivity contribution < 1.29 is 0 Å². The van der Waals surface area contributed by atoms with E-state index in [9.17, 15) is 0 Å². The molecular weight excluding hydrogens is 420 g/mol. The first kappa shape index (κ1) is 21.9. The Morgan fingerprint density at radius 1 is 0.765 bits per heavy atom. The van der Waals surface area contributed by atoms with Gasteiger partial charge in [0.1, 0.15) is 6.17 Å². The van der Waals surface area contributed by atoms with Crippen molar-refractivity contribution in [3.05, 3.63) is 118 Å². The van der Waals surface area contributed by atoms with Crippen molar-refractivity contribution in [2.24, 2.45) is 16.1 Å². The van der Waals surface area contributed by atoms with Gasteiger partial charge in [0, 0.05) is 11.8 Å². The van der Waals surface area contributed by atoms with Crippen molar-refractivity contribution in [3.63, 3.8) is 0 Å². The van der Waals surface area contributed by atoms with Gasteiger partial charge in [-0.2, -0.15) is 10.2 Å². The molecule has 2 aliphatic rings. The van der Waals surface area contributed by atoms with Gasteiger partial charge in [-0.15, -0.1) is 0 Å². The van der Waals surface area contributed by atoms with Gasteiger partial charge in [0.05, 0.1) is 17.6 Å². The number of benzene rings is 3. The number of hydrazine groups is 1. The first-order valence-electron chi connectivity index (χ1n) is 11.5.